The highest BCUT2D eigenvalue weighted by Crippen LogP contribution is 2.33. The van der Waals surface area contributed by atoms with E-state index in [1.807, 2.05) is 5.38 Å². The van der Waals surface area contributed by atoms with Gasteiger partial charge in [-0.1, -0.05) is 12.1 Å². The molecule has 2 heterocycles. The lowest BCUT2D eigenvalue weighted by molar-refractivity contribution is 0.628. The highest BCUT2D eigenvalue weighted by atomic mass is 32.1. The zero-order chi connectivity index (χ0) is 17.4. The van der Waals surface area contributed by atoms with Crippen LogP contribution in [0.4, 0.5) is 4.39 Å². The molecule has 0 aliphatic heterocycles. The molecule has 2 aromatic carbocycles. The summed E-state index contributed by atoms with van der Waals surface area (Å²) in [6.07, 6.45) is 0. The van der Waals surface area contributed by atoms with E-state index >= 15 is 0 Å². The van der Waals surface area contributed by atoms with Gasteiger partial charge in [0.05, 0.1) is 11.4 Å². The van der Waals surface area contributed by atoms with E-state index in [0.717, 1.165) is 32.5 Å². The Labute approximate surface area is 153 Å². The molecule has 0 fully saturated rings. The summed E-state index contributed by atoms with van der Waals surface area (Å²) in [5.41, 5.74) is 6.41. The van der Waals surface area contributed by atoms with Gasteiger partial charge < -0.3 is 0 Å². The minimum atomic E-state index is -0.239. The van der Waals surface area contributed by atoms with Crippen LogP contribution in [0.1, 0.15) is 11.1 Å². The second-order valence-corrected chi connectivity index (χ2v) is 7.60. The molecule has 0 radical (unpaired) electrons. The number of thiazole rings is 2. The fraction of sp³-hybridized carbons (Fsp3) is 0.100. The first-order chi connectivity index (χ1) is 12.1. The normalized spacial score (nSPS) is 11.0. The minimum Gasteiger partial charge on any atom is -0.233 e. The van der Waals surface area contributed by atoms with Gasteiger partial charge in [0.15, 0.2) is 10.0 Å². The van der Waals surface area contributed by atoms with Crippen molar-refractivity contribution < 1.29 is 4.39 Å². The number of aryl methyl sites for hydroxylation is 2. The predicted molar refractivity (Wildman–Crippen MR) is 104 cm³/mol. The Morgan fingerprint density at radius 1 is 0.720 bits per heavy atom. The summed E-state index contributed by atoms with van der Waals surface area (Å²) in [4.78, 5) is 9.41. The van der Waals surface area contributed by atoms with Gasteiger partial charge in [-0.25, -0.2) is 14.4 Å². The van der Waals surface area contributed by atoms with E-state index in [1.54, 1.807) is 34.8 Å². The number of nitrogens with zero attached hydrogens (tertiary/aromatic N) is 2. The van der Waals surface area contributed by atoms with E-state index in [-0.39, 0.29) is 5.82 Å². The summed E-state index contributed by atoms with van der Waals surface area (Å²) >= 11 is 3.15. The predicted octanol–water partition coefficient (Wildman–Crippen LogP) is 6.36. The molecule has 0 saturated heterocycles. The maximum Gasteiger partial charge on any atom is 0.152 e. The molecule has 124 valence electrons. The van der Waals surface area contributed by atoms with Crippen LogP contribution in [0.25, 0.3) is 32.5 Å². The van der Waals surface area contributed by atoms with Gasteiger partial charge in [-0.3, -0.25) is 0 Å². The van der Waals surface area contributed by atoms with Crippen LogP contribution in [-0.4, -0.2) is 9.97 Å². The molecule has 0 bridgehead atoms. The molecular formula is C20H15FN2S2. The minimum absolute atomic E-state index is 0.239. The second kappa shape index (κ2) is 6.50. The Morgan fingerprint density at radius 3 is 1.88 bits per heavy atom. The molecule has 0 N–H and O–H groups in total. The van der Waals surface area contributed by atoms with E-state index in [9.17, 15) is 4.39 Å². The Morgan fingerprint density at radius 2 is 1.28 bits per heavy atom. The third-order valence-corrected chi connectivity index (χ3v) is 5.96. The molecule has 25 heavy (non-hydrogen) atoms. The summed E-state index contributed by atoms with van der Waals surface area (Å²) in [6, 6.07) is 12.8. The lowest BCUT2D eigenvalue weighted by atomic mass is 10.1. The van der Waals surface area contributed by atoms with Crippen molar-refractivity contribution in [1.29, 1.82) is 0 Å². The van der Waals surface area contributed by atoms with Crippen molar-refractivity contribution in [1.82, 2.24) is 9.97 Å². The van der Waals surface area contributed by atoms with Crippen LogP contribution in [0.3, 0.4) is 0 Å². The zero-order valence-corrected chi connectivity index (χ0v) is 15.4. The highest BCUT2D eigenvalue weighted by molar-refractivity contribution is 7.20. The summed E-state index contributed by atoms with van der Waals surface area (Å²) in [5.74, 6) is -0.239. The lowest BCUT2D eigenvalue weighted by Gasteiger charge is -2.02. The number of rotatable bonds is 3. The van der Waals surface area contributed by atoms with Gasteiger partial charge in [-0.05, 0) is 55.3 Å². The summed E-state index contributed by atoms with van der Waals surface area (Å²) in [6.45, 7) is 4.22. The topological polar surface area (TPSA) is 25.8 Å². The number of benzene rings is 2. The van der Waals surface area contributed by atoms with Crippen molar-refractivity contribution in [2.24, 2.45) is 0 Å². The molecule has 0 aliphatic carbocycles. The van der Waals surface area contributed by atoms with Crippen molar-refractivity contribution in [2.45, 2.75) is 13.8 Å². The first-order valence-corrected chi connectivity index (χ1v) is 9.61. The molecule has 4 aromatic rings. The number of hydrogen-bond donors (Lipinski definition) is 0. The molecular weight excluding hydrogens is 351 g/mol. The smallest absolute Gasteiger partial charge is 0.152 e. The largest absolute Gasteiger partial charge is 0.233 e. The first-order valence-electron chi connectivity index (χ1n) is 7.85. The van der Waals surface area contributed by atoms with Crippen LogP contribution in [-0.2, 0) is 0 Å². The number of hydrogen-bond acceptors (Lipinski definition) is 4. The van der Waals surface area contributed by atoms with Crippen LogP contribution in [0.15, 0.2) is 53.2 Å². The van der Waals surface area contributed by atoms with E-state index in [1.165, 1.54) is 23.3 Å². The van der Waals surface area contributed by atoms with Gasteiger partial charge in [-0.15, -0.1) is 22.7 Å². The van der Waals surface area contributed by atoms with Gasteiger partial charge in [0.25, 0.3) is 0 Å². The first kappa shape index (κ1) is 16.1. The highest BCUT2D eigenvalue weighted by Gasteiger charge is 2.12. The summed E-state index contributed by atoms with van der Waals surface area (Å²) in [7, 11) is 0. The summed E-state index contributed by atoms with van der Waals surface area (Å²) < 4.78 is 13.1. The Kier molecular flexibility index (Phi) is 4.19. The van der Waals surface area contributed by atoms with Crippen molar-refractivity contribution in [3.05, 3.63) is 70.2 Å². The molecule has 0 atom stereocenters. The fourth-order valence-electron chi connectivity index (χ4n) is 2.53. The third kappa shape index (κ3) is 3.25. The molecule has 0 amide bonds. The van der Waals surface area contributed by atoms with Gasteiger partial charge in [0.1, 0.15) is 5.82 Å². The maximum atomic E-state index is 13.1. The molecule has 0 aliphatic rings. The van der Waals surface area contributed by atoms with Crippen LogP contribution in [0.2, 0.25) is 0 Å². The van der Waals surface area contributed by atoms with Gasteiger partial charge >= 0.3 is 0 Å². The Bertz CT molecular complexity index is 1030. The van der Waals surface area contributed by atoms with Crippen LogP contribution < -0.4 is 0 Å². The van der Waals surface area contributed by atoms with E-state index in [2.05, 4.69) is 42.4 Å². The number of halogens is 1. The number of aromatic nitrogens is 2. The average molecular weight is 366 g/mol. The standard InChI is InChI=1S/C20H15FN2S2/c1-12-3-4-15(9-13(12)2)18-11-25-20(23-18)19-22-17(10-24-19)14-5-7-16(21)8-6-14/h3-11H,1-2H3. The SMILES string of the molecule is Cc1ccc(-c2csc(-c3nc(-c4ccc(F)cc4)cs3)n2)cc1C. The molecule has 0 saturated carbocycles. The fourth-order valence-corrected chi connectivity index (χ4v) is 4.24. The van der Waals surface area contributed by atoms with E-state index in [0.29, 0.717) is 0 Å². The molecule has 0 unspecified atom stereocenters. The lowest BCUT2D eigenvalue weighted by Crippen LogP contribution is -1.84. The quantitative estimate of drug-likeness (QED) is 0.422. The van der Waals surface area contributed by atoms with Gasteiger partial charge in [0, 0.05) is 21.9 Å². The van der Waals surface area contributed by atoms with E-state index < -0.39 is 0 Å². The molecule has 4 rings (SSSR count). The van der Waals surface area contributed by atoms with Crippen molar-refractivity contribution in [3.63, 3.8) is 0 Å². The summed E-state index contributed by atoms with van der Waals surface area (Å²) in [5, 5.41) is 5.85. The molecule has 0 spiro atoms. The van der Waals surface area contributed by atoms with Crippen LogP contribution >= 0.6 is 22.7 Å². The molecule has 5 heteroatoms. The van der Waals surface area contributed by atoms with Crippen LogP contribution in [0, 0.1) is 19.7 Å². The third-order valence-electron chi connectivity index (χ3n) is 4.13. The van der Waals surface area contributed by atoms with Gasteiger partial charge in [0.2, 0.25) is 0 Å². The zero-order valence-electron chi connectivity index (χ0n) is 13.8. The van der Waals surface area contributed by atoms with Crippen molar-refractivity contribution in [3.8, 4) is 32.5 Å². The molecule has 2 nitrogen and oxygen atoms in total. The second-order valence-electron chi connectivity index (χ2n) is 5.88. The van der Waals surface area contributed by atoms with Crippen LogP contribution in [0.5, 0.6) is 0 Å². The van der Waals surface area contributed by atoms with Gasteiger partial charge in [-0.2, -0.15) is 0 Å². The van der Waals surface area contributed by atoms with Crippen molar-refractivity contribution >= 4 is 22.7 Å². The van der Waals surface area contributed by atoms with E-state index in [4.69, 9.17) is 4.98 Å². The van der Waals surface area contributed by atoms with Crippen molar-refractivity contribution in [2.75, 3.05) is 0 Å². The Hall–Kier alpha value is -2.37. The molecule has 2 aromatic heterocycles. The average Bonchev–Trinajstić information content (AvgIpc) is 3.27. The maximum absolute atomic E-state index is 13.1. The monoisotopic (exact) mass is 366 g/mol. The Balaban J connectivity index is 1.64.